The molecule has 0 aromatic carbocycles. The minimum Gasteiger partial charge on any atom is -0.396 e. The summed E-state index contributed by atoms with van der Waals surface area (Å²) in [6.45, 7) is 2.19. The van der Waals surface area contributed by atoms with E-state index >= 15 is 0 Å². The molecular weight excluding hydrogens is 152 g/mol. The zero-order valence-electron chi connectivity index (χ0n) is 7.59. The molecule has 1 heterocycles. The zero-order chi connectivity index (χ0) is 8.44. The molecule has 1 saturated carbocycles. The van der Waals surface area contributed by atoms with Gasteiger partial charge in [0.25, 0.3) is 0 Å². The minimum atomic E-state index is 0.264. The smallest absolute Gasteiger partial charge is 0.0500 e. The molecule has 0 aromatic rings. The van der Waals surface area contributed by atoms with Crippen molar-refractivity contribution in [2.75, 3.05) is 19.8 Å². The fraction of sp³-hybridized carbons (Fsp3) is 1.00. The third-order valence-electron chi connectivity index (χ3n) is 3.69. The third-order valence-corrected chi connectivity index (χ3v) is 3.69. The maximum absolute atomic E-state index is 9.33. The van der Waals surface area contributed by atoms with E-state index in [2.05, 4.69) is 0 Å². The van der Waals surface area contributed by atoms with Crippen LogP contribution >= 0.6 is 0 Å². The second-order valence-electron chi connectivity index (χ2n) is 4.29. The summed E-state index contributed by atoms with van der Waals surface area (Å²) in [4.78, 5) is 0. The molecule has 1 aliphatic heterocycles. The number of aliphatic hydroxyl groups excluding tert-OH is 1. The van der Waals surface area contributed by atoms with Crippen LogP contribution in [-0.2, 0) is 4.74 Å². The van der Waals surface area contributed by atoms with Crippen molar-refractivity contribution in [1.29, 1.82) is 0 Å². The average molecular weight is 170 g/mol. The van der Waals surface area contributed by atoms with Crippen LogP contribution in [0.4, 0.5) is 0 Å². The summed E-state index contributed by atoms with van der Waals surface area (Å²) in [5.74, 6) is 0.644. The van der Waals surface area contributed by atoms with E-state index in [4.69, 9.17) is 4.74 Å². The van der Waals surface area contributed by atoms with Crippen molar-refractivity contribution in [3.05, 3.63) is 0 Å². The van der Waals surface area contributed by atoms with Crippen LogP contribution in [-0.4, -0.2) is 24.9 Å². The van der Waals surface area contributed by atoms with Crippen molar-refractivity contribution < 1.29 is 9.84 Å². The first kappa shape index (κ1) is 8.52. The second-order valence-corrected chi connectivity index (χ2v) is 4.29. The average Bonchev–Trinajstić information content (AvgIpc) is 2.05. The van der Waals surface area contributed by atoms with E-state index < -0.39 is 0 Å². The zero-order valence-corrected chi connectivity index (χ0v) is 7.59. The van der Waals surface area contributed by atoms with Gasteiger partial charge >= 0.3 is 0 Å². The number of hydrogen-bond acceptors (Lipinski definition) is 2. The van der Waals surface area contributed by atoms with Crippen molar-refractivity contribution >= 4 is 0 Å². The van der Waals surface area contributed by atoms with Gasteiger partial charge in [-0.05, 0) is 37.0 Å². The second kappa shape index (κ2) is 3.35. The number of aliphatic hydroxyl groups is 1. The van der Waals surface area contributed by atoms with Gasteiger partial charge in [0.15, 0.2) is 0 Å². The molecule has 2 heteroatoms. The van der Waals surface area contributed by atoms with Crippen LogP contribution in [0.25, 0.3) is 0 Å². The van der Waals surface area contributed by atoms with Gasteiger partial charge in [0.1, 0.15) is 0 Å². The van der Waals surface area contributed by atoms with Gasteiger partial charge in [0.2, 0.25) is 0 Å². The highest BCUT2D eigenvalue weighted by Crippen LogP contribution is 2.49. The molecule has 2 fully saturated rings. The van der Waals surface area contributed by atoms with Gasteiger partial charge < -0.3 is 9.84 Å². The topological polar surface area (TPSA) is 29.5 Å². The first-order valence-electron chi connectivity index (χ1n) is 5.06. The number of hydrogen-bond donors (Lipinski definition) is 1. The minimum absolute atomic E-state index is 0.264. The van der Waals surface area contributed by atoms with Crippen molar-refractivity contribution in [3.8, 4) is 0 Å². The molecule has 1 aliphatic carbocycles. The summed E-state index contributed by atoms with van der Waals surface area (Å²) < 4.78 is 5.45. The normalized spacial score (nSPS) is 34.2. The van der Waals surface area contributed by atoms with Crippen LogP contribution in [0.5, 0.6) is 0 Å². The van der Waals surface area contributed by atoms with Gasteiger partial charge in [-0.2, -0.15) is 0 Å². The highest BCUT2D eigenvalue weighted by atomic mass is 16.5. The Balaban J connectivity index is 1.95. The predicted molar refractivity (Wildman–Crippen MR) is 46.9 cm³/mol. The SMILES string of the molecule is OCC1(C2CCCOC2)CCC1. The maximum atomic E-state index is 9.33. The summed E-state index contributed by atoms with van der Waals surface area (Å²) in [6.07, 6.45) is 6.19. The van der Waals surface area contributed by atoms with Crippen molar-refractivity contribution in [3.63, 3.8) is 0 Å². The van der Waals surface area contributed by atoms with Crippen LogP contribution in [0.2, 0.25) is 0 Å². The Kier molecular flexibility index (Phi) is 2.37. The van der Waals surface area contributed by atoms with Gasteiger partial charge in [0.05, 0.1) is 0 Å². The van der Waals surface area contributed by atoms with Gasteiger partial charge in [-0.25, -0.2) is 0 Å². The van der Waals surface area contributed by atoms with Crippen molar-refractivity contribution in [2.24, 2.45) is 11.3 Å². The van der Waals surface area contributed by atoms with Crippen LogP contribution in [0, 0.1) is 11.3 Å². The molecule has 1 atom stereocenters. The van der Waals surface area contributed by atoms with Crippen molar-refractivity contribution in [2.45, 2.75) is 32.1 Å². The highest BCUT2D eigenvalue weighted by Gasteiger charge is 2.43. The van der Waals surface area contributed by atoms with Crippen LogP contribution in [0.1, 0.15) is 32.1 Å². The number of ether oxygens (including phenoxy) is 1. The van der Waals surface area contributed by atoms with E-state index in [0.717, 1.165) is 13.2 Å². The summed E-state index contributed by atoms with van der Waals surface area (Å²) in [5.41, 5.74) is 0.264. The molecule has 0 spiro atoms. The van der Waals surface area contributed by atoms with Gasteiger partial charge in [0, 0.05) is 19.8 Å². The fourth-order valence-electron chi connectivity index (χ4n) is 2.55. The van der Waals surface area contributed by atoms with E-state index in [9.17, 15) is 5.11 Å². The summed E-state index contributed by atoms with van der Waals surface area (Å²) in [6, 6.07) is 0. The van der Waals surface area contributed by atoms with E-state index in [-0.39, 0.29) is 5.41 Å². The molecule has 2 aliphatic rings. The molecule has 1 saturated heterocycles. The summed E-state index contributed by atoms with van der Waals surface area (Å²) in [7, 11) is 0. The molecule has 70 valence electrons. The van der Waals surface area contributed by atoms with E-state index in [1.54, 1.807) is 0 Å². The lowest BCUT2D eigenvalue weighted by atomic mass is 9.60. The Morgan fingerprint density at radius 2 is 2.17 bits per heavy atom. The lowest BCUT2D eigenvalue weighted by Gasteiger charge is -2.47. The van der Waals surface area contributed by atoms with E-state index in [0.29, 0.717) is 12.5 Å². The Morgan fingerprint density at radius 3 is 2.58 bits per heavy atom. The Hall–Kier alpha value is -0.0800. The first-order valence-corrected chi connectivity index (χ1v) is 5.06. The summed E-state index contributed by atoms with van der Waals surface area (Å²) in [5, 5.41) is 9.33. The monoisotopic (exact) mass is 170 g/mol. The van der Waals surface area contributed by atoms with Gasteiger partial charge in [-0.15, -0.1) is 0 Å². The summed E-state index contributed by atoms with van der Waals surface area (Å²) >= 11 is 0. The lowest BCUT2D eigenvalue weighted by Crippen LogP contribution is -2.44. The van der Waals surface area contributed by atoms with E-state index in [1.807, 2.05) is 0 Å². The molecule has 1 N–H and O–H groups in total. The number of rotatable bonds is 2. The first-order chi connectivity index (χ1) is 5.87. The molecule has 0 amide bonds. The Bertz CT molecular complexity index is 140. The third kappa shape index (κ3) is 1.27. The molecule has 1 unspecified atom stereocenters. The van der Waals surface area contributed by atoms with Crippen LogP contribution in [0.3, 0.4) is 0 Å². The molecule has 0 bridgehead atoms. The molecule has 2 rings (SSSR count). The maximum Gasteiger partial charge on any atom is 0.0500 e. The standard InChI is InChI=1S/C10H18O2/c11-8-10(4-2-5-10)9-3-1-6-12-7-9/h9,11H,1-8H2. The van der Waals surface area contributed by atoms with Gasteiger partial charge in [-0.3, -0.25) is 0 Å². The molecule has 2 nitrogen and oxygen atoms in total. The molecule has 0 aromatic heterocycles. The Labute approximate surface area is 73.9 Å². The fourth-order valence-corrected chi connectivity index (χ4v) is 2.55. The predicted octanol–water partition coefficient (Wildman–Crippen LogP) is 1.58. The van der Waals surface area contributed by atoms with Crippen molar-refractivity contribution in [1.82, 2.24) is 0 Å². The van der Waals surface area contributed by atoms with Crippen LogP contribution in [0.15, 0.2) is 0 Å². The van der Waals surface area contributed by atoms with Crippen LogP contribution < -0.4 is 0 Å². The van der Waals surface area contributed by atoms with E-state index in [1.165, 1.54) is 32.1 Å². The molecular formula is C10H18O2. The molecule has 0 radical (unpaired) electrons. The largest absolute Gasteiger partial charge is 0.396 e. The lowest BCUT2D eigenvalue weighted by molar-refractivity contribution is -0.0763. The quantitative estimate of drug-likeness (QED) is 0.681. The van der Waals surface area contributed by atoms with Gasteiger partial charge in [-0.1, -0.05) is 6.42 Å². The Morgan fingerprint density at radius 1 is 1.33 bits per heavy atom. The molecule has 12 heavy (non-hydrogen) atoms. The highest BCUT2D eigenvalue weighted by molar-refractivity contribution is 4.93.